The quantitative estimate of drug-likeness (QED) is 0.646. The molecule has 0 aliphatic heterocycles. The average molecular weight is 407 g/mol. The van der Waals surface area contributed by atoms with Gasteiger partial charge in [-0.2, -0.15) is 0 Å². The Morgan fingerprint density at radius 1 is 1.14 bits per heavy atom. The van der Waals surface area contributed by atoms with Crippen LogP contribution < -0.4 is 19.1 Å². The van der Waals surface area contributed by atoms with Crippen molar-refractivity contribution in [3.63, 3.8) is 0 Å². The van der Waals surface area contributed by atoms with Crippen LogP contribution in [0.25, 0.3) is 0 Å². The first-order valence-corrected chi connectivity index (χ1v) is 10.6. The molecular formula is C20H26N2O5S. The van der Waals surface area contributed by atoms with Gasteiger partial charge in [-0.3, -0.25) is 9.10 Å². The molecule has 2 rings (SSSR count). The number of ether oxygens (including phenoxy) is 2. The molecule has 2 aromatic rings. The zero-order valence-electron chi connectivity index (χ0n) is 16.6. The number of carbonyl (C=O) groups excluding carboxylic acids is 1. The minimum Gasteiger partial charge on any atom is -0.497 e. The number of methoxy groups -OCH3 is 1. The summed E-state index contributed by atoms with van der Waals surface area (Å²) in [6.45, 7) is 4.19. The molecule has 7 nitrogen and oxygen atoms in total. The monoisotopic (exact) mass is 406 g/mol. The largest absolute Gasteiger partial charge is 0.497 e. The first kappa shape index (κ1) is 21.6. The van der Waals surface area contributed by atoms with E-state index in [2.05, 4.69) is 5.32 Å². The highest BCUT2D eigenvalue weighted by molar-refractivity contribution is 7.92. The van der Waals surface area contributed by atoms with Crippen molar-refractivity contribution in [3.05, 3.63) is 53.6 Å². The van der Waals surface area contributed by atoms with Gasteiger partial charge in [-0.25, -0.2) is 8.42 Å². The van der Waals surface area contributed by atoms with Crippen molar-refractivity contribution in [3.8, 4) is 11.5 Å². The number of benzene rings is 2. The van der Waals surface area contributed by atoms with Crippen LogP contribution in [0.4, 0.5) is 5.69 Å². The van der Waals surface area contributed by atoms with Gasteiger partial charge in [0.2, 0.25) is 15.9 Å². The molecule has 0 aliphatic rings. The van der Waals surface area contributed by atoms with Crippen molar-refractivity contribution < 1.29 is 22.7 Å². The highest BCUT2D eigenvalue weighted by Crippen LogP contribution is 2.23. The summed E-state index contributed by atoms with van der Waals surface area (Å²) in [6, 6.07) is 12.4. The summed E-state index contributed by atoms with van der Waals surface area (Å²) in [6.07, 6.45) is 1.06. The Hall–Kier alpha value is -2.74. The Balaban J connectivity index is 1.93. The van der Waals surface area contributed by atoms with E-state index in [0.29, 0.717) is 11.4 Å². The van der Waals surface area contributed by atoms with Crippen molar-refractivity contribution in [2.45, 2.75) is 13.8 Å². The zero-order valence-corrected chi connectivity index (χ0v) is 17.4. The van der Waals surface area contributed by atoms with Gasteiger partial charge in [-0.05, 0) is 37.6 Å². The van der Waals surface area contributed by atoms with E-state index in [1.165, 1.54) is 7.11 Å². The molecule has 0 bridgehead atoms. The molecule has 0 aliphatic carbocycles. The molecular weight excluding hydrogens is 380 g/mol. The van der Waals surface area contributed by atoms with Gasteiger partial charge in [0, 0.05) is 6.07 Å². The number of sulfonamides is 1. The van der Waals surface area contributed by atoms with Crippen LogP contribution in [0, 0.1) is 13.8 Å². The highest BCUT2D eigenvalue weighted by Gasteiger charge is 2.21. The summed E-state index contributed by atoms with van der Waals surface area (Å²) in [7, 11) is -2.14. The lowest BCUT2D eigenvalue weighted by molar-refractivity contribution is -0.119. The maximum Gasteiger partial charge on any atom is 0.240 e. The summed E-state index contributed by atoms with van der Waals surface area (Å²) in [4.78, 5) is 12.2. The Labute approximate surface area is 166 Å². The van der Waals surface area contributed by atoms with Crippen molar-refractivity contribution in [2.24, 2.45) is 0 Å². The van der Waals surface area contributed by atoms with Gasteiger partial charge in [0.1, 0.15) is 24.7 Å². The highest BCUT2D eigenvalue weighted by atomic mass is 32.2. The summed E-state index contributed by atoms with van der Waals surface area (Å²) < 4.78 is 36.1. The third kappa shape index (κ3) is 6.16. The number of carbonyl (C=O) groups is 1. The summed E-state index contributed by atoms with van der Waals surface area (Å²) in [5, 5.41) is 2.68. The van der Waals surface area contributed by atoms with Gasteiger partial charge in [0.25, 0.3) is 0 Å². The van der Waals surface area contributed by atoms with Crippen LogP contribution in [0.5, 0.6) is 11.5 Å². The van der Waals surface area contributed by atoms with E-state index in [1.807, 2.05) is 32.0 Å². The van der Waals surface area contributed by atoms with Gasteiger partial charge in [-0.1, -0.05) is 23.8 Å². The topological polar surface area (TPSA) is 84.9 Å². The lowest BCUT2D eigenvalue weighted by atomic mass is 10.1. The van der Waals surface area contributed by atoms with Crippen LogP contribution in [-0.2, 0) is 14.8 Å². The number of rotatable bonds is 9. The van der Waals surface area contributed by atoms with Gasteiger partial charge in [0.15, 0.2) is 0 Å². The van der Waals surface area contributed by atoms with E-state index in [-0.39, 0.29) is 19.7 Å². The summed E-state index contributed by atoms with van der Waals surface area (Å²) in [5.74, 6) is 0.847. The molecule has 0 heterocycles. The minimum absolute atomic E-state index is 0.266. The number of amides is 1. The van der Waals surface area contributed by atoms with Crippen LogP contribution in [0.1, 0.15) is 11.1 Å². The van der Waals surface area contributed by atoms with Crippen molar-refractivity contribution in [2.75, 3.05) is 37.4 Å². The number of aryl methyl sites for hydroxylation is 2. The lowest BCUT2D eigenvalue weighted by Crippen LogP contribution is -2.41. The molecule has 1 N–H and O–H groups in total. The van der Waals surface area contributed by atoms with Gasteiger partial charge < -0.3 is 14.8 Å². The Morgan fingerprint density at radius 2 is 1.89 bits per heavy atom. The molecule has 2 aromatic carbocycles. The second-order valence-corrected chi connectivity index (χ2v) is 8.35. The molecule has 0 atom stereocenters. The molecule has 0 spiro atoms. The van der Waals surface area contributed by atoms with E-state index in [0.717, 1.165) is 27.4 Å². The maximum atomic E-state index is 12.2. The standard InChI is InChI=1S/C20H26N2O5S/c1-15-8-9-19(16(2)12-15)27-11-10-21-20(23)14-22(28(4,24)25)17-6-5-7-18(13-17)26-3/h5-9,12-13H,10-11,14H2,1-4H3,(H,21,23). The summed E-state index contributed by atoms with van der Waals surface area (Å²) in [5.41, 5.74) is 2.53. The summed E-state index contributed by atoms with van der Waals surface area (Å²) >= 11 is 0. The fraction of sp³-hybridized carbons (Fsp3) is 0.350. The zero-order chi connectivity index (χ0) is 20.7. The number of nitrogens with one attached hydrogen (secondary N) is 1. The number of hydrogen-bond donors (Lipinski definition) is 1. The third-order valence-corrected chi connectivity index (χ3v) is 5.18. The fourth-order valence-corrected chi connectivity index (χ4v) is 3.51. The predicted octanol–water partition coefficient (Wildman–Crippen LogP) is 2.27. The molecule has 0 saturated heterocycles. The van der Waals surface area contributed by atoms with E-state index in [9.17, 15) is 13.2 Å². The van der Waals surface area contributed by atoms with E-state index in [1.54, 1.807) is 24.3 Å². The number of hydrogen-bond acceptors (Lipinski definition) is 5. The van der Waals surface area contributed by atoms with E-state index >= 15 is 0 Å². The minimum atomic E-state index is -3.64. The average Bonchev–Trinajstić information content (AvgIpc) is 2.63. The Bertz CT molecular complexity index is 928. The van der Waals surface area contributed by atoms with Crippen LogP contribution in [0.3, 0.4) is 0 Å². The van der Waals surface area contributed by atoms with E-state index in [4.69, 9.17) is 9.47 Å². The first-order valence-electron chi connectivity index (χ1n) is 8.79. The maximum absolute atomic E-state index is 12.2. The van der Waals surface area contributed by atoms with Crippen LogP contribution in [-0.4, -0.2) is 47.4 Å². The lowest BCUT2D eigenvalue weighted by Gasteiger charge is -2.22. The molecule has 0 saturated carbocycles. The van der Waals surface area contributed by atoms with Crippen molar-refractivity contribution >= 4 is 21.6 Å². The van der Waals surface area contributed by atoms with Gasteiger partial charge >= 0.3 is 0 Å². The molecule has 0 aromatic heterocycles. The molecule has 152 valence electrons. The number of nitrogens with zero attached hydrogens (tertiary/aromatic N) is 1. The van der Waals surface area contributed by atoms with Gasteiger partial charge in [0.05, 0.1) is 25.6 Å². The van der Waals surface area contributed by atoms with Crippen molar-refractivity contribution in [1.82, 2.24) is 5.32 Å². The van der Waals surface area contributed by atoms with Crippen LogP contribution in [0.2, 0.25) is 0 Å². The van der Waals surface area contributed by atoms with Crippen LogP contribution in [0.15, 0.2) is 42.5 Å². The van der Waals surface area contributed by atoms with E-state index < -0.39 is 15.9 Å². The third-order valence-electron chi connectivity index (χ3n) is 4.04. The van der Waals surface area contributed by atoms with Crippen molar-refractivity contribution in [1.29, 1.82) is 0 Å². The normalized spacial score (nSPS) is 11.0. The van der Waals surface area contributed by atoms with Crippen LogP contribution >= 0.6 is 0 Å². The number of anilines is 1. The smallest absolute Gasteiger partial charge is 0.240 e. The predicted molar refractivity (Wildman–Crippen MR) is 110 cm³/mol. The van der Waals surface area contributed by atoms with Gasteiger partial charge in [-0.15, -0.1) is 0 Å². The Kier molecular flexibility index (Phi) is 7.28. The molecule has 0 radical (unpaired) electrons. The Morgan fingerprint density at radius 3 is 2.54 bits per heavy atom. The second kappa shape index (κ2) is 9.45. The SMILES string of the molecule is COc1cccc(N(CC(=O)NCCOc2ccc(C)cc2C)S(C)(=O)=O)c1. The molecule has 0 unspecified atom stereocenters. The second-order valence-electron chi connectivity index (χ2n) is 6.44. The first-order chi connectivity index (χ1) is 13.2. The fourth-order valence-electron chi connectivity index (χ4n) is 2.66. The molecule has 0 fully saturated rings. The molecule has 8 heteroatoms. The molecule has 28 heavy (non-hydrogen) atoms. The molecule has 1 amide bonds.